The third-order valence-electron chi connectivity index (χ3n) is 4.29. The molecule has 1 aliphatic carbocycles. The van der Waals surface area contributed by atoms with Crippen molar-refractivity contribution in [2.45, 2.75) is 50.6 Å². The van der Waals surface area contributed by atoms with Gasteiger partial charge in [0.1, 0.15) is 19.3 Å². The molecule has 4 heteroatoms. The first-order chi connectivity index (χ1) is 10.4. The molecule has 1 fully saturated rings. The van der Waals surface area contributed by atoms with Crippen LogP contribution in [0.3, 0.4) is 0 Å². The summed E-state index contributed by atoms with van der Waals surface area (Å²) < 4.78 is 11.1. The third kappa shape index (κ3) is 3.48. The quantitative estimate of drug-likeness (QED) is 0.866. The van der Waals surface area contributed by atoms with Gasteiger partial charge in [-0.1, -0.05) is 31.7 Å². The summed E-state index contributed by atoms with van der Waals surface area (Å²) in [6, 6.07) is 8.37. The van der Waals surface area contributed by atoms with Crippen LogP contribution in [0.4, 0.5) is 0 Å². The van der Waals surface area contributed by atoms with Crippen LogP contribution >= 0.6 is 0 Å². The minimum Gasteiger partial charge on any atom is -0.486 e. The lowest BCUT2D eigenvalue weighted by atomic mass is 10.0. The van der Waals surface area contributed by atoms with Crippen molar-refractivity contribution >= 4 is 0 Å². The van der Waals surface area contributed by atoms with Crippen LogP contribution in [0.1, 0.15) is 50.1 Å². The molecule has 0 aromatic heterocycles. The summed E-state index contributed by atoms with van der Waals surface area (Å²) >= 11 is 0. The van der Waals surface area contributed by atoms with Crippen LogP contribution in [0.25, 0.3) is 0 Å². The summed E-state index contributed by atoms with van der Waals surface area (Å²) in [4.78, 5) is 0. The number of nitriles is 1. The van der Waals surface area contributed by atoms with E-state index in [9.17, 15) is 5.26 Å². The summed E-state index contributed by atoms with van der Waals surface area (Å²) in [6.45, 7) is 1.16. The zero-order chi connectivity index (χ0) is 14.5. The molecule has 112 valence electrons. The topological polar surface area (TPSA) is 54.3 Å². The van der Waals surface area contributed by atoms with E-state index < -0.39 is 0 Å². The van der Waals surface area contributed by atoms with E-state index in [4.69, 9.17) is 9.47 Å². The highest BCUT2D eigenvalue weighted by atomic mass is 16.6. The lowest BCUT2D eigenvalue weighted by Crippen LogP contribution is -2.32. The smallest absolute Gasteiger partial charge is 0.161 e. The van der Waals surface area contributed by atoms with Gasteiger partial charge in [-0.15, -0.1) is 0 Å². The molecule has 0 amide bonds. The molecule has 1 aromatic rings. The normalized spacial score (nSPS) is 20.3. The van der Waals surface area contributed by atoms with E-state index in [0.29, 0.717) is 19.3 Å². The first-order valence-corrected chi connectivity index (χ1v) is 7.92. The Hall–Kier alpha value is -1.73. The molecule has 0 spiro atoms. The second-order valence-corrected chi connectivity index (χ2v) is 5.82. The van der Waals surface area contributed by atoms with Crippen molar-refractivity contribution in [2.75, 3.05) is 13.2 Å². The highest BCUT2D eigenvalue weighted by Crippen LogP contribution is 2.33. The molecule has 1 saturated carbocycles. The molecule has 1 aromatic carbocycles. The number of ether oxygens (including phenoxy) is 2. The summed E-state index contributed by atoms with van der Waals surface area (Å²) in [6.07, 6.45) is 7.50. The SMILES string of the molecule is N#CC(NC1CCCCCC1)c1ccc2c(c1)OCCO2. The number of rotatable bonds is 3. The first kappa shape index (κ1) is 14.2. The van der Waals surface area contributed by atoms with Crippen LogP contribution < -0.4 is 14.8 Å². The maximum absolute atomic E-state index is 9.50. The highest BCUT2D eigenvalue weighted by Gasteiger charge is 2.20. The number of benzene rings is 1. The van der Waals surface area contributed by atoms with Gasteiger partial charge >= 0.3 is 0 Å². The fourth-order valence-corrected chi connectivity index (χ4v) is 3.13. The van der Waals surface area contributed by atoms with Crippen molar-refractivity contribution in [1.29, 1.82) is 5.26 Å². The van der Waals surface area contributed by atoms with Crippen molar-refractivity contribution < 1.29 is 9.47 Å². The van der Waals surface area contributed by atoms with Crippen molar-refractivity contribution in [1.82, 2.24) is 5.32 Å². The third-order valence-corrected chi connectivity index (χ3v) is 4.29. The van der Waals surface area contributed by atoms with Crippen molar-refractivity contribution in [2.24, 2.45) is 0 Å². The van der Waals surface area contributed by atoms with E-state index in [0.717, 1.165) is 17.1 Å². The predicted molar refractivity (Wildman–Crippen MR) is 80.4 cm³/mol. The van der Waals surface area contributed by atoms with Crippen LogP contribution in [-0.4, -0.2) is 19.3 Å². The van der Waals surface area contributed by atoms with Gasteiger partial charge in [0.05, 0.1) is 6.07 Å². The predicted octanol–water partition coefficient (Wildman–Crippen LogP) is 3.33. The molecule has 1 unspecified atom stereocenters. The first-order valence-electron chi connectivity index (χ1n) is 7.92. The van der Waals surface area contributed by atoms with Crippen LogP contribution in [0.15, 0.2) is 18.2 Å². The second kappa shape index (κ2) is 6.82. The number of hydrogen-bond donors (Lipinski definition) is 1. The Balaban J connectivity index is 1.72. The molecule has 0 radical (unpaired) electrons. The lowest BCUT2D eigenvalue weighted by molar-refractivity contribution is 0.171. The van der Waals surface area contributed by atoms with Gasteiger partial charge in [0, 0.05) is 6.04 Å². The minimum atomic E-state index is -0.274. The van der Waals surface area contributed by atoms with Gasteiger partial charge in [0.15, 0.2) is 11.5 Å². The Morgan fingerprint density at radius 3 is 2.48 bits per heavy atom. The zero-order valence-corrected chi connectivity index (χ0v) is 12.3. The Bertz CT molecular complexity index is 516. The average molecular weight is 286 g/mol. The fraction of sp³-hybridized carbons (Fsp3) is 0.588. The summed E-state index contributed by atoms with van der Waals surface area (Å²) in [5.41, 5.74) is 0.964. The lowest BCUT2D eigenvalue weighted by Gasteiger charge is -2.23. The Labute approximate surface area is 126 Å². The number of fused-ring (bicyclic) bond motifs is 1. The van der Waals surface area contributed by atoms with Gasteiger partial charge in [0.25, 0.3) is 0 Å². The van der Waals surface area contributed by atoms with Crippen LogP contribution in [0.2, 0.25) is 0 Å². The van der Waals surface area contributed by atoms with Gasteiger partial charge in [-0.3, -0.25) is 5.32 Å². The monoisotopic (exact) mass is 286 g/mol. The van der Waals surface area contributed by atoms with Gasteiger partial charge in [-0.2, -0.15) is 5.26 Å². The van der Waals surface area contributed by atoms with E-state index in [-0.39, 0.29) is 6.04 Å². The van der Waals surface area contributed by atoms with E-state index in [1.54, 1.807) is 0 Å². The molecule has 1 aliphatic heterocycles. The minimum absolute atomic E-state index is 0.274. The number of nitrogens with one attached hydrogen (secondary N) is 1. The standard InChI is InChI=1S/C17H22N2O2/c18-12-15(19-14-5-3-1-2-4-6-14)13-7-8-16-17(11-13)21-10-9-20-16/h7-8,11,14-15,19H,1-6,9-10H2. The average Bonchev–Trinajstić information content (AvgIpc) is 2.81. The molecule has 21 heavy (non-hydrogen) atoms. The van der Waals surface area contributed by atoms with Gasteiger partial charge in [-0.05, 0) is 30.5 Å². The molecule has 3 rings (SSSR count). The maximum Gasteiger partial charge on any atom is 0.161 e. The molecule has 0 bridgehead atoms. The van der Waals surface area contributed by atoms with Crippen molar-refractivity contribution in [3.8, 4) is 17.6 Å². The van der Waals surface area contributed by atoms with E-state index in [1.807, 2.05) is 18.2 Å². The van der Waals surface area contributed by atoms with Crippen molar-refractivity contribution in [3.63, 3.8) is 0 Å². The summed E-state index contributed by atoms with van der Waals surface area (Å²) in [7, 11) is 0. The van der Waals surface area contributed by atoms with E-state index in [2.05, 4.69) is 11.4 Å². The Morgan fingerprint density at radius 1 is 1.05 bits per heavy atom. The molecule has 4 nitrogen and oxygen atoms in total. The molecule has 1 heterocycles. The highest BCUT2D eigenvalue weighted by molar-refractivity contribution is 5.45. The number of nitrogens with zero attached hydrogens (tertiary/aromatic N) is 1. The van der Waals surface area contributed by atoms with Gasteiger partial charge in [-0.25, -0.2) is 0 Å². The van der Waals surface area contributed by atoms with Crippen molar-refractivity contribution in [3.05, 3.63) is 23.8 Å². The number of hydrogen-bond acceptors (Lipinski definition) is 4. The van der Waals surface area contributed by atoms with Crippen LogP contribution in [-0.2, 0) is 0 Å². The second-order valence-electron chi connectivity index (χ2n) is 5.82. The summed E-state index contributed by atoms with van der Waals surface area (Å²) in [5, 5.41) is 13.0. The van der Waals surface area contributed by atoms with Crippen LogP contribution in [0, 0.1) is 11.3 Å². The fourth-order valence-electron chi connectivity index (χ4n) is 3.13. The van der Waals surface area contributed by atoms with Gasteiger partial charge < -0.3 is 9.47 Å². The Morgan fingerprint density at radius 2 is 1.76 bits per heavy atom. The molecular formula is C17H22N2O2. The largest absolute Gasteiger partial charge is 0.486 e. The molecule has 2 aliphatic rings. The Kier molecular flexibility index (Phi) is 4.62. The summed E-state index contributed by atoms with van der Waals surface area (Å²) in [5.74, 6) is 1.53. The molecular weight excluding hydrogens is 264 g/mol. The zero-order valence-electron chi connectivity index (χ0n) is 12.3. The van der Waals surface area contributed by atoms with Gasteiger partial charge in [0.2, 0.25) is 0 Å². The van der Waals surface area contributed by atoms with E-state index >= 15 is 0 Å². The molecule has 0 saturated heterocycles. The van der Waals surface area contributed by atoms with E-state index in [1.165, 1.54) is 38.5 Å². The molecule has 1 atom stereocenters. The maximum atomic E-state index is 9.50. The molecule has 1 N–H and O–H groups in total. The van der Waals surface area contributed by atoms with Crippen LogP contribution in [0.5, 0.6) is 11.5 Å².